The van der Waals surface area contributed by atoms with E-state index in [0.29, 0.717) is 19.0 Å². The molecule has 1 fully saturated rings. The minimum absolute atomic E-state index is 0.00114. The van der Waals surface area contributed by atoms with Crippen molar-refractivity contribution in [3.63, 3.8) is 0 Å². The fourth-order valence-electron chi connectivity index (χ4n) is 1.79. The van der Waals surface area contributed by atoms with Gasteiger partial charge in [-0.2, -0.15) is 0 Å². The summed E-state index contributed by atoms with van der Waals surface area (Å²) in [7, 11) is 0. The number of aromatic nitrogens is 1. The monoisotopic (exact) mass is 252 g/mol. The molecule has 1 aromatic heterocycles. The SMILES string of the molecule is Cc1cnc(NCC2CNCCO2)c([N+](=O)[O-])c1. The Bertz CT molecular complexity index is 432. The second-order valence-electron chi connectivity index (χ2n) is 4.22. The molecular weight excluding hydrogens is 236 g/mol. The molecular formula is C11H16N4O3. The highest BCUT2D eigenvalue weighted by Gasteiger charge is 2.18. The maximum absolute atomic E-state index is 10.9. The van der Waals surface area contributed by atoms with Gasteiger partial charge in [0.1, 0.15) is 0 Å². The summed E-state index contributed by atoms with van der Waals surface area (Å²) in [6.07, 6.45) is 1.62. The summed E-state index contributed by atoms with van der Waals surface area (Å²) in [5.74, 6) is 0.291. The number of rotatable bonds is 4. The van der Waals surface area contributed by atoms with E-state index in [1.807, 2.05) is 0 Å². The molecule has 1 aliphatic rings. The summed E-state index contributed by atoms with van der Waals surface area (Å²) in [6.45, 7) is 4.53. The van der Waals surface area contributed by atoms with Gasteiger partial charge in [-0.05, 0) is 12.5 Å². The summed E-state index contributed by atoms with van der Waals surface area (Å²) < 4.78 is 5.50. The van der Waals surface area contributed by atoms with Crippen LogP contribution in [0.15, 0.2) is 12.3 Å². The zero-order chi connectivity index (χ0) is 13.0. The molecule has 1 unspecified atom stereocenters. The number of nitrogens with zero attached hydrogens (tertiary/aromatic N) is 2. The van der Waals surface area contributed by atoms with Crippen LogP contribution in [0.3, 0.4) is 0 Å². The smallest absolute Gasteiger partial charge is 0.311 e. The third-order valence-electron chi connectivity index (χ3n) is 2.70. The molecule has 0 amide bonds. The van der Waals surface area contributed by atoms with Gasteiger partial charge >= 0.3 is 5.69 Å². The number of anilines is 1. The van der Waals surface area contributed by atoms with Crippen molar-refractivity contribution in [2.45, 2.75) is 13.0 Å². The number of pyridine rings is 1. The second kappa shape index (κ2) is 5.74. The van der Waals surface area contributed by atoms with Gasteiger partial charge in [-0.3, -0.25) is 10.1 Å². The van der Waals surface area contributed by atoms with Crippen molar-refractivity contribution in [3.8, 4) is 0 Å². The lowest BCUT2D eigenvalue weighted by atomic mass is 10.2. The molecule has 98 valence electrons. The van der Waals surface area contributed by atoms with E-state index in [2.05, 4.69) is 15.6 Å². The van der Waals surface area contributed by atoms with Gasteiger partial charge in [0.2, 0.25) is 5.82 Å². The molecule has 1 aliphatic heterocycles. The maximum atomic E-state index is 10.9. The lowest BCUT2D eigenvalue weighted by Gasteiger charge is -2.23. The third kappa shape index (κ3) is 3.14. The largest absolute Gasteiger partial charge is 0.374 e. The number of nitrogens with one attached hydrogen (secondary N) is 2. The van der Waals surface area contributed by atoms with Crippen molar-refractivity contribution in [3.05, 3.63) is 27.9 Å². The first-order chi connectivity index (χ1) is 8.66. The van der Waals surface area contributed by atoms with Gasteiger partial charge in [0.25, 0.3) is 0 Å². The van der Waals surface area contributed by atoms with E-state index >= 15 is 0 Å². The van der Waals surface area contributed by atoms with Gasteiger partial charge in [-0.25, -0.2) is 4.98 Å². The summed E-state index contributed by atoms with van der Waals surface area (Å²) in [6, 6.07) is 1.51. The lowest BCUT2D eigenvalue weighted by Crippen LogP contribution is -2.42. The van der Waals surface area contributed by atoms with Crippen molar-refractivity contribution in [2.24, 2.45) is 0 Å². The van der Waals surface area contributed by atoms with E-state index in [1.165, 1.54) is 6.07 Å². The zero-order valence-corrected chi connectivity index (χ0v) is 10.2. The van der Waals surface area contributed by atoms with Crippen molar-refractivity contribution in [2.75, 3.05) is 31.6 Å². The van der Waals surface area contributed by atoms with Crippen molar-refractivity contribution >= 4 is 11.5 Å². The number of morpholine rings is 1. The van der Waals surface area contributed by atoms with Crippen LogP contribution < -0.4 is 10.6 Å². The standard InChI is InChI=1S/C11H16N4O3/c1-8-4-10(15(16)17)11(13-5-8)14-7-9-6-12-2-3-18-9/h4-5,9,12H,2-3,6-7H2,1H3,(H,13,14). The Morgan fingerprint density at radius 3 is 3.22 bits per heavy atom. The Morgan fingerprint density at radius 2 is 2.56 bits per heavy atom. The molecule has 2 heterocycles. The minimum atomic E-state index is -0.428. The molecule has 1 aromatic rings. The summed E-state index contributed by atoms with van der Waals surface area (Å²) >= 11 is 0. The van der Waals surface area contributed by atoms with Gasteiger partial charge in [-0.1, -0.05) is 0 Å². The number of aryl methyl sites for hydroxylation is 1. The minimum Gasteiger partial charge on any atom is -0.374 e. The van der Waals surface area contributed by atoms with E-state index in [9.17, 15) is 10.1 Å². The number of hydrogen-bond acceptors (Lipinski definition) is 6. The Kier molecular flexibility index (Phi) is 4.06. The summed E-state index contributed by atoms with van der Waals surface area (Å²) in [5, 5.41) is 17.1. The number of nitro groups is 1. The first-order valence-corrected chi connectivity index (χ1v) is 5.84. The predicted octanol–water partition coefficient (Wildman–Crippen LogP) is 0.699. The molecule has 18 heavy (non-hydrogen) atoms. The van der Waals surface area contributed by atoms with E-state index in [1.54, 1.807) is 13.1 Å². The molecule has 7 heteroatoms. The highest BCUT2D eigenvalue weighted by atomic mass is 16.6. The van der Waals surface area contributed by atoms with Crippen molar-refractivity contribution in [1.82, 2.24) is 10.3 Å². The van der Waals surface area contributed by atoms with Gasteiger partial charge in [-0.15, -0.1) is 0 Å². The fraction of sp³-hybridized carbons (Fsp3) is 0.545. The summed E-state index contributed by atoms with van der Waals surface area (Å²) in [5.41, 5.74) is 0.765. The van der Waals surface area contributed by atoms with Crippen LogP contribution in [-0.2, 0) is 4.74 Å². The lowest BCUT2D eigenvalue weighted by molar-refractivity contribution is -0.384. The van der Waals surface area contributed by atoms with Crippen LogP contribution in [0.25, 0.3) is 0 Å². The molecule has 0 aliphatic carbocycles. The van der Waals surface area contributed by atoms with Crippen LogP contribution >= 0.6 is 0 Å². The number of hydrogen-bond donors (Lipinski definition) is 2. The molecule has 0 radical (unpaired) electrons. The molecule has 1 atom stereocenters. The second-order valence-corrected chi connectivity index (χ2v) is 4.22. The molecule has 0 bridgehead atoms. The van der Waals surface area contributed by atoms with Crippen LogP contribution in [0.2, 0.25) is 0 Å². The Balaban J connectivity index is 2.01. The van der Waals surface area contributed by atoms with Gasteiger partial charge in [0, 0.05) is 31.9 Å². The quantitative estimate of drug-likeness (QED) is 0.605. The fourth-order valence-corrected chi connectivity index (χ4v) is 1.79. The zero-order valence-electron chi connectivity index (χ0n) is 10.2. The first-order valence-electron chi connectivity index (χ1n) is 5.84. The molecule has 2 rings (SSSR count). The third-order valence-corrected chi connectivity index (χ3v) is 2.70. The van der Waals surface area contributed by atoms with Gasteiger partial charge in [0.05, 0.1) is 17.6 Å². The molecule has 2 N–H and O–H groups in total. The average Bonchev–Trinajstić information content (AvgIpc) is 2.38. The highest BCUT2D eigenvalue weighted by Crippen LogP contribution is 2.22. The first kappa shape index (κ1) is 12.7. The molecule has 0 aromatic carbocycles. The Labute approximate surface area is 105 Å². The van der Waals surface area contributed by atoms with E-state index in [0.717, 1.165) is 18.7 Å². The van der Waals surface area contributed by atoms with Crippen molar-refractivity contribution in [1.29, 1.82) is 0 Å². The number of ether oxygens (including phenoxy) is 1. The molecule has 7 nitrogen and oxygen atoms in total. The van der Waals surface area contributed by atoms with E-state index < -0.39 is 4.92 Å². The van der Waals surface area contributed by atoms with Crippen molar-refractivity contribution < 1.29 is 9.66 Å². The van der Waals surface area contributed by atoms with Crippen LogP contribution in [0.1, 0.15) is 5.56 Å². The molecule has 0 saturated carbocycles. The predicted molar refractivity (Wildman–Crippen MR) is 66.7 cm³/mol. The van der Waals surface area contributed by atoms with Crippen LogP contribution in [-0.4, -0.2) is 42.3 Å². The van der Waals surface area contributed by atoms with Gasteiger partial charge in [0.15, 0.2) is 0 Å². The molecule has 0 spiro atoms. The highest BCUT2D eigenvalue weighted by molar-refractivity contribution is 5.56. The van der Waals surface area contributed by atoms with E-state index in [-0.39, 0.29) is 11.8 Å². The van der Waals surface area contributed by atoms with Gasteiger partial charge < -0.3 is 15.4 Å². The normalized spacial score (nSPS) is 19.5. The summed E-state index contributed by atoms with van der Waals surface area (Å²) in [4.78, 5) is 14.5. The Morgan fingerprint density at radius 1 is 1.72 bits per heavy atom. The molecule has 1 saturated heterocycles. The average molecular weight is 252 g/mol. The topological polar surface area (TPSA) is 89.3 Å². The van der Waals surface area contributed by atoms with Crippen LogP contribution in [0.4, 0.5) is 11.5 Å². The van der Waals surface area contributed by atoms with Crippen LogP contribution in [0, 0.1) is 17.0 Å². The van der Waals surface area contributed by atoms with Crippen LogP contribution in [0.5, 0.6) is 0 Å². The maximum Gasteiger partial charge on any atom is 0.311 e. The Hall–Kier alpha value is -1.73. The van der Waals surface area contributed by atoms with E-state index in [4.69, 9.17) is 4.74 Å².